The van der Waals surface area contributed by atoms with Gasteiger partial charge < -0.3 is 14.8 Å². The van der Waals surface area contributed by atoms with Gasteiger partial charge in [-0.05, 0) is 43.7 Å². The summed E-state index contributed by atoms with van der Waals surface area (Å²) >= 11 is 0. The molecule has 0 aromatic heterocycles. The van der Waals surface area contributed by atoms with Crippen LogP contribution in [-0.2, 0) is 0 Å². The molecular formula is C17H25NO2. The molecule has 110 valence electrons. The van der Waals surface area contributed by atoms with Gasteiger partial charge in [-0.1, -0.05) is 18.6 Å². The first kappa shape index (κ1) is 14.8. The summed E-state index contributed by atoms with van der Waals surface area (Å²) in [6.07, 6.45) is 4.86. The summed E-state index contributed by atoms with van der Waals surface area (Å²) in [5.74, 6) is 2.94. The number of hydrogen-bond acceptors (Lipinski definition) is 3. The van der Waals surface area contributed by atoms with E-state index in [0.29, 0.717) is 11.8 Å². The summed E-state index contributed by atoms with van der Waals surface area (Å²) in [7, 11) is 3.32. The van der Waals surface area contributed by atoms with Crippen LogP contribution in [0.2, 0.25) is 0 Å². The van der Waals surface area contributed by atoms with Crippen LogP contribution in [0.1, 0.15) is 26.7 Å². The Morgan fingerprint density at radius 2 is 1.95 bits per heavy atom. The zero-order valence-electron chi connectivity index (χ0n) is 12.9. The Kier molecular flexibility index (Phi) is 4.94. The largest absolute Gasteiger partial charge is 0.493 e. The van der Waals surface area contributed by atoms with Crippen molar-refractivity contribution in [2.75, 3.05) is 26.1 Å². The van der Waals surface area contributed by atoms with Gasteiger partial charge in [0.25, 0.3) is 0 Å². The number of benzene rings is 1. The summed E-state index contributed by atoms with van der Waals surface area (Å²) in [5.41, 5.74) is 2.60. The quantitative estimate of drug-likeness (QED) is 0.820. The molecule has 3 heteroatoms. The van der Waals surface area contributed by atoms with Crippen LogP contribution in [0.25, 0.3) is 0 Å². The van der Waals surface area contributed by atoms with Crippen molar-refractivity contribution >= 4 is 5.69 Å². The molecule has 0 saturated heterocycles. The van der Waals surface area contributed by atoms with E-state index in [1.807, 2.05) is 18.2 Å². The van der Waals surface area contributed by atoms with Crippen LogP contribution in [-0.4, -0.2) is 20.8 Å². The molecule has 0 heterocycles. The zero-order chi connectivity index (χ0) is 14.5. The highest BCUT2D eigenvalue weighted by molar-refractivity contribution is 5.54. The molecule has 2 rings (SSSR count). The zero-order valence-corrected chi connectivity index (χ0v) is 12.9. The molecule has 0 amide bonds. The third-order valence-corrected chi connectivity index (χ3v) is 3.86. The monoisotopic (exact) mass is 275 g/mol. The average Bonchev–Trinajstić information content (AvgIpc) is 2.43. The predicted molar refractivity (Wildman–Crippen MR) is 83.7 cm³/mol. The van der Waals surface area contributed by atoms with E-state index in [0.717, 1.165) is 23.7 Å². The third kappa shape index (κ3) is 3.69. The highest BCUT2D eigenvalue weighted by atomic mass is 16.5. The topological polar surface area (TPSA) is 30.5 Å². The Bertz CT molecular complexity index is 482. The molecule has 1 aromatic rings. The summed E-state index contributed by atoms with van der Waals surface area (Å²) in [6, 6.07) is 5.97. The fourth-order valence-corrected chi connectivity index (χ4v) is 3.05. The number of hydrogen-bond donors (Lipinski definition) is 1. The summed E-state index contributed by atoms with van der Waals surface area (Å²) in [4.78, 5) is 0. The first-order valence-corrected chi connectivity index (χ1v) is 7.25. The van der Waals surface area contributed by atoms with Gasteiger partial charge in [-0.2, -0.15) is 0 Å². The Balaban J connectivity index is 1.96. The average molecular weight is 275 g/mol. The second-order valence-electron chi connectivity index (χ2n) is 5.75. The molecule has 0 fully saturated rings. The van der Waals surface area contributed by atoms with Gasteiger partial charge in [-0.25, -0.2) is 0 Å². The van der Waals surface area contributed by atoms with Gasteiger partial charge in [0.1, 0.15) is 0 Å². The predicted octanol–water partition coefficient (Wildman–Crippen LogP) is 4.11. The molecule has 1 N–H and O–H groups in total. The van der Waals surface area contributed by atoms with E-state index in [4.69, 9.17) is 9.47 Å². The molecule has 1 aliphatic rings. The molecule has 2 unspecified atom stereocenters. The highest BCUT2D eigenvalue weighted by Gasteiger charge is 2.17. The lowest BCUT2D eigenvalue weighted by molar-refractivity contribution is 0.355. The van der Waals surface area contributed by atoms with E-state index >= 15 is 0 Å². The Labute approximate surface area is 122 Å². The van der Waals surface area contributed by atoms with Crippen LogP contribution < -0.4 is 14.8 Å². The van der Waals surface area contributed by atoms with Crippen LogP contribution in [0.15, 0.2) is 29.8 Å². The second kappa shape index (κ2) is 6.69. The van der Waals surface area contributed by atoms with E-state index in [1.165, 1.54) is 18.4 Å². The van der Waals surface area contributed by atoms with Gasteiger partial charge in [0.15, 0.2) is 11.5 Å². The standard InChI is InChI=1S/C17H25NO2/c1-12-7-13(2)9-14(8-12)11-18-15-5-6-16(19-3)17(10-15)20-4/h5-7,10,12,14,18H,8-9,11H2,1-4H3. The molecule has 0 spiro atoms. The number of ether oxygens (including phenoxy) is 2. The van der Waals surface area contributed by atoms with Gasteiger partial charge >= 0.3 is 0 Å². The molecule has 0 radical (unpaired) electrons. The molecule has 3 nitrogen and oxygen atoms in total. The highest BCUT2D eigenvalue weighted by Crippen LogP contribution is 2.31. The molecule has 2 atom stereocenters. The minimum absolute atomic E-state index is 0.695. The Morgan fingerprint density at radius 1 is 1.20 bits per heavy atom. The van der Waals surface area contributed by atoms with Crippen molar-refractivity contribution in [1.29, 1.82) is 0 Å². The minimum Gasteiger partial charge on any atom is -0.493 e. The van der Waals surface area contributed by atoms with E-state index in [1.54, 1.807) is 14.2 Å². The van der Waals surface area contributed by atoms with Gasteiger partial charge in [-0.15, -0.1) is 0 Å². The molecule has 0 aliphatic heterocycles. The van der Waals surface area contributed by atoms with Crippen molar-refractivity contribution in [3.8, 4) is 11.5 Å². The number of methoxy groups -OCH3 is 2. The first-order chi connectivity index (χ1) is 9.62. The summed E-state index contributed by atoms with van der Waals surface area (Å²) in [5, 5.41) is 3.52. The van der Waals surface area contributed by atoms with Crippen LogP contribution in [0, 0.1) is 11.8 Å². The Morgan fingerprint density at radius 3 is 2.60 bits per heavy atom. The lowest BCUT2D eigenvalue weighted by Crippen LogP contribution is -2.20. The fraction of sp³-hybridized carbons (Fsp3) is 0.529. The number of allylic oxidation sites excluding steroid dienone is 2. The third-order valence-electron chi connectivity index (χ3n) is 3.86. The van der Waals surface area contributed by atoms with Crippen molar-refractivity contribution in [1.82, 2.24) is 0 Å². The van der Waals surface area contributed by atoms with Crippen LogP contribution in [0.3, 0.4) is 0 Å². The number of anilines is 1. The van der Waals surface area contributed by atoms with Crippen molar-refractivity contribution in [3.05, 3.63) is 29.8 Å². The lowest BCUT2D eigenvalue weighted by atomic mass is 9.84. The molecule has 1 aromatic carbocycles. The van der Waals surface area contributed by atoms with Crippen molar-refractivity contribution in [3.63, 3.8) is 0 Å². The second-order valence-corrected chi connectivity index (χ2v) is 5.75. The van der Waals surface area contributed by atoms with Gasteiger partial charge in [-0.3, -0.25) is 0 Å². The van der Waals surface area contributed by atoms with E-state index in [-0.39, 0.29) is 0 Å². The molecular weight excluding hydrogens is 250 g/mol. The van der Waals surface area contributed by atoms with Gasteiger partial charge in [0, 0.05) is 18.3 Å². The van der Waals surface area contributed by atoms with Crippen molar-refractivity contribution in [2.24, 2.45) is 11.8 Å². The Hall–Kier alpha value is -1.64. The smallest absolute Gasteiger partial charge is 0.162 e. The fourth-order valence-electron chi connectivity index (χ4n) is 3.05. The number of rotatable bonds is 5. The molecule has 0 bridgehead atoms. The first-order valence-electron chi connectivity index (χ1n) is 7.25. The van der Waals surface area contributed by atoms with E-state index in [2.05, 4.69) is 25.2 Å². The van der Waals surface area contributed by atoms with E-state index in [9.17, 15) is 0 Å². The maximum atomic E-state index is 5.33. The summed E-state index contributed by atoms with van der Waals surface area (Å²) in [6.45, 7) is 5.54. The maximum absolute atomic E-state index is 5.33. The van der Waals surface area contributed by atoms with Crippen molar-refractivity contribution in [2.45, 2.75) is 26.7 Å². The van der Waals surface area contributed by atoms with Crippen LogP contribution in [0.5, 0.6) is 11.5 Å². The maximum Gasteiger partial charge on any atom is 0.162 e. The lowest BCUT2D eigenvalue weighted by Gasteiger charge is -2.26. The molecule has 1 aliphatic carbocycles. The SMILES string of the molecule is COc1ccc(NCC2CC(C)=CC(C)C2)cc1OC. The molecule has 0 saturated carbocycles. The van der Waals surface area contributed by atoms with E-state index < -0.39 is 0 Å². The van der Waals surface area contributed by atoms with Gasteiger partial charge in [0.2, 0.25) is 0 Å². The molecule has 20 heavy (non-hydrogen) atoms. The summed E-state index contributed by atoms with van der Waals surface area (Å²) < 4.78 is 10.6. The normalized spacial score (nSPS) is 22.1. The number of nitrogens with one attached hydrogen (secondary N) is 1. The minimum atomic E-state index is 0.695. The van der Waals surface area contributed by atoms with Crippen LogP contribution in [0.4, 0.5) is 5.69 Å². The van der Waals surface area contributed by atoms with Crippen molar-refractivity contribution < 1.29 is 9.47 Å². The van der Waals surface area contributed by atoms with Crippen LogP contribution >= 0.6 is 0 Å². The van der Waals surface area contributed by atoms with Gasteiger partial charge in [0.05, 0.1) is 14.2 Å².